The number of phenols is 1. The molecule has 8 rings (SSSR count). The van der Waals surface area contributed by atoms with Gasteiger partial charge in [-0.05, 0) is 94.3 Å². The van der Waals surface area contributed by atoms with Crippen LogP contribution in [0.25, 0.3) is 32.9 Å². The third-order valence-corrected chi connectivity index (χ3v) is 12.0. The fourth-order valence-corrected chi connectivity index (χ4v) is 9.53. The normalized spacial score (nSPS) is 27.5. The summed E-state index contributed by atoms with van der Waals surface area (Å²) in [6, 6.07) is 7.63. The number of halogens is 2. The lowest BCUT2D eigenvalue weighted by Crippen LogP contribution is -2.53. The molecule has 2 N–H and O–H groups in total. The number of piperidine rings is 1. The highest BCUT2D eigenvalue weighted by molar-refractivity contribution is 6.00. The SMILES string of the molecule is COc1nc(-c2cc(O)cc3cccc(F)c23)c(F)c2nc(OC[C@]34CCC[C@H]3N(CC3CCOCC3)CCC4)nc(C3CCOC[C@@](C)(O)C3)c12. The second-order valence-corrected chi connectivity index (χ2v) is 15.7. The van der Waals surface area contributed by atoms with Crippen LogP contribution in [0, 0.1) is 23.0 Å². The highest BCUT2D eigenvalue weighted by Crippen LogP contribution is 2.49. The summed E-state index contributed by atoms with van der Waals surface area (Å²) in [4.78, 5) is 16.9. The lowest BCUT2D eigenvalue weighted by atomic mass is 9.75. The first-order chi connectivity index (χ1) is 25.1. The number of fused-ring (bicyclic) bond motifs is 3. The number of ether oxygens (including phenoxy) is 4. The molecule has 4 aromatic rings. The maximum Gasteiger partial charge on any atom is 0.317 e. The Hall–Kier alpha value is -3.71. The molecule has 4 aliphatic rings. The first kappa shape index (κ1) is 35.3. The smallest absolute Gasteiger partial charge is 0.317 e. The van der Waals surface area contributed by atoms with Crippen molar-refractivity contribution in [2.24, 2.45) is 11.3 Å². The van der Waals surface area contributed by atoms with Gasteiger partial charge in [-0.25, -0.2) is 13.8 Å². The fraction of sp³-hybridized carbons (Fsp3) is 0.575. The van der Waals surface area contributed by atoms with E-state index in [1.54, 1.807) is 13.0 Å². The van der Waals surface area contributed by atoms with Crippen molar-refractivity contribution in [2.75, 3.05) is 53.2 Å². The third kappa shape index (κ3) is 6.67. The Kier molecular flexibility index (Phi) is 9.69. The minimum atomic E-state index is -1.15. The number of likely N-dealkylation sites (tertiary alicyclic amines) is 1. The zero-order valence-corrected chi connectivity index (χ0v) is 30.0. The van der Waals surface area contributed by atoms with Gasteiger partial charge in [-0.3, -0.25) is 4.90 Å². The van der Waals surface area contributed by atoms with E-state index in [0.717, 1.165) is 71.2 Å². The van der Waals surface area contributed by atoms with E-state index in [1.807, 2.05) is 0 Å². The minimum absolute atomic E-state index is 0.0407. The number of nitrogens with zero attached hydrogens (tertiary/aromatic N) is 4. The maximum atomic E-state index is 17.1. The van der Waals surface area contributed by atoms with Gasteiger partial charge in [0.15, 0.2) is 5.82 Å². The van der Waals surface area contributed by atoms with Crippen molar-refractivity contribution in [1.82, 2.24) is 19.9 Å². The van der Waals surface area contributed by atoms with Gasteiger partial charge in [0.1, 0.15) is 22.8 Å². The molecule has 2 aromatic heterocycles. The molecule has 52 heavy (non-hydrogen) atoms. The molecule has 0 radical (unpaired) electrons. The Labute approximate surface area is 302 Å². The van der Waals surface area contributed by atoms with Crippen molar-refractivity contribution in [1.29, 1.82) is 0 Å². The van der Waals surface area contributed by atoms with Crippen LogP contribution < -0.4 is 9.47 Å². The number of rotatable bonds is 8. The van der Waals surface area contributed by atoms with Gasteiger partial charge in [0.05, 0.1) is 37.0 Å². The zero-order valence-electron chi connectivity index (χ0n) is 30.0. The van der Waals surface area contributed by atoms with Gasteiger partial charge in [0, 0.05) is 54.7 Å². The van der Waals surface area contributed by atoms with Crippen molar-refractivity contribution < 1.29 is 37.9 Å². The van der Waals surface area contributed by atoms with Crippen molar-refractivity contribution in [2.45, 2.75) is 82.3 Å². The van der Waals surface area contributed by atoms with Gasteiger partial charge in [0.25, 0.3) is 0 Å². The van der Waals surface area contributed by atoms with Gasteiger partial charge < -0.3 is 29.2 Å². The molecule has 10 nitrogen and oxygen atoms in total. The van der Waals surface area contributed by atoms with Gasteiger partial charge in [-0.2, -0.15) is 9.97 Å². The summed E-state index contributed by atoms with van der Waals surface area (Å²) in [5, 5.41) is 22.6. The van der Waals surface area contributed by atoms with E-state index in [-0.39, 0.29) is 63.1 Å². The Balaban J connectivity index is 1.22. The van der Waals surface area contributed by atoms with Gasteiger partial charge in [0.2, 0.25) is 5.88 Å². The molecule has 2 aromatic carbocycles. The molecular formula is C40H48F2N4O6. The lowest BCUT2D eigenvalue weighted by molar-refractivity contribution is -0.0242. The predicted octanol–water partition coefficient (Wildman–Crippen LogP) is 6.92. The number of aromatic hydroxyl groups is 1. The van der Waals surface area contributed by atoms with Gasteiger partial charge in [-0.15, -0.1) is 0 Å². The predicted molar refractivity (Wildman–Crippen MR) is 192 cm³/mol. The largest absolute Gasteiger partial charge is 0.508 e. The van der Waals surface area contributed by atoms with E-state index in [2.05, 4.69) is 9.88 Å². The molecule has 4 atom stereocenters. The van der Waals surface area contributed by atoms with Crippen LogP contribution in [0.1, 0.15) is 76.3 Å². The average Bonchev–Trinajstić information content (AvgIpc) is 3.49. The quantitative estimate of drug-likeness (QED) is 0.199. The molecule has 1 unspecified atom stereocenters. The van der Waals surface area contributed by atoms with Gasteiger partial charge in [-0.1, -0.05) is 18.6 Å². The van der Waals surface area contributed by atoms with Gasteiger partial charge >= 0.3 is 6.01 Å². The van der Waals surface area contributed by atoms with Crippen molar-refractivity contribution in [3.63, 3.8) is 0 Å². The maximum absolute atomic E-state index is 17.1. The number of pyridine rings is 1. The molecule has 12 heteroatoms. The van der Waals surface area contributed by atoms with E-state index < -0.39 is 17.2 Å². The zero-order chi connectivity index (χ0) is 36.0. The number of aliphatic hydroxyl groups is 1. The second-order valence-electron chi connectivity index (χ2n) is 15.7. The van der Waals surface area contributed by atoms with Crippen LogP contribution in [-0.2, 0) is 9.47 Å². The summed E-state index contributed by atoms with van der Waals surface area (Å²) in [7, 11) is 1.43. The van der Waals surface area contributed by atoms with Crippen molar-refractivity contribution >= 4 is 21.7 Å². The lowest BCUT2D eigenvalue weighted by Gasteiger charge is -2.47. The second kappa shape index (κ2) is 14.3. The highest BCUT2D eigenvalue weighted by Gasteiger charge is 2.49. The number of aromatic nitrogens is 3. The summed E-state index contributed by atoms with van der Waals surface area (Å²) >= 11 is 0. The fourth-order valence-electron chi connectivity index (χ4n) is 9.53. The molecule has 0 amide bonds. The van der Waals surface area contributed by atoms with E-state index in [1.165, 1.54) is 31.4 Å². The third-order valence-electron chi connectivity index (χ3n) is 12.0. The number of hydrogen-bond donors (Lipinski definition) is 2. The van der Waals surface area contributed by atoms with E-state index in [9.17, 15) is 10.2 Å². The number of benzene rings is 2. The molecule has 0 bridgehead atoms. The van der Waals surface area contributed by atoms with E-state index >= 15 is 8.78 Å². The molecule has 0 spiro atoms. The summed E-state index contributed by atoms with van der Waals surface area (Å²) in [5.41, 5.74) is -0.990. The van der Waals surface area contributed by atoms with Crippen LogP contribution in [0.4, 0.5) is 8.78 Å². The van der Waals surface area contributed by atoms with Crippen LogP contribution in [0.15, 0.2) is 30.3 Å². The highest BCUT2D eigenvalue weighted by atomic mass is 19.1. The summed E-state index contributed by atoms with van der Waals surface area (Å²) in [6.45, 7) is 6.47. The van der Waals surface area contributed by atoms with E-state index in [4.69, 9.17) is 28.9 Å². The topological polar surface area (TPSA) is 119 Å². The number of hydrogen-bond acceptors (Lipinski definition) is 10. The molecule has 3 saturated heterocycles. The molecule has 4 fully saturated rings. The van der Waals surface area contributed by atoms with Crippen LogP contribution >= 0.6 is 0 Å². The molecule has 1 saturated carbocycles. The number of phenolic OH excluding ortho intramolecular Hbond substituents is 1. The first-order valence-corrected chi connectivity index (χ1v) is 18.8. The molecule has 1 aliphatic carbocycles. The molecular weight excluding hydrogens is 670 g/mol. The Bertz CT molecular complexity index is 1960. The standard InChI is InChI=1S/C40H48F2N4O6/c1-39(48)20-26(11-17-51-22-39)34-32-36(33(42)35(43-37(32)49-2)28-19-27(47)18-25-6-3-7-29(41)31(25)28)45-38(44-34)52-23-40-12-4-8-30(40)46(14-5-13-40)21-24-9-15-50-16-10-24/h3,6-7,18-19,24,26,30,47-48H,4-5,8-17,20-23H2,1-2H3/t26?,30-,39+,40-/m1/s1. The number of methoxy groups -OCH3 is 1. The van der Waals surface area contributed by atoms with E-state index in [0.29, 0.717) is 49.1 Å². The Morgan fingerprint density at radius 1 is 0.981 bits per heavy atom. The van der Waals surface area contributed by atoms with Crippen LogP contribution in [-0.4, -0.2) is 94.9 Å². The monoisotopic (exact) mass is 718 g/mol. The Morgan fingerprint density at radius 3 is 2.62 bits per heavy atom. The van der Waals surface area contributed by atoms with Crippen molar-refractivity contribution in [3.8, 4) is 28.9 Å². The summed E-state index contributed by atoms with van der Waals surface area (Å²) in [5.74, 6) is -1.22. The molecule has 278 valence electrons. The summed E-state index contributed by atoms with van der Waals surface area (Å²) in [6.07, 6.45) is 8.41. The van der Waals surface area contributed by atoms with Crippen LogP contribution in [0.2, 0.25) is 0 Å². The Morgan fingerprint density at radius 2 is 1.79 bits per heavy atom. The molecule has 3 aliphatic heterocycles. The minimum Gasteiger partial charge on any atom is -0.508 e. The molecule has 5 heterocycles. The van der Waals surface area contributed by atoms with Crippen LogP contribution in [0.5, 0.6) is 17.6 Å². The van der Waals surface area contributed by atoms with Crippen molar-refractivity contribution in [3.05, 3.63) is 47.7 Å². The summed E-state index contributed by atoms with van der Waals surface area (Å²) < 4.78 is 56.3. The first-order valence-electron chi connectivity index (χ1n) is 18.8. The average molecular weight is 719 g/mol. The van der Waals surface area contributed by atoms with Crippen LogP contribution in [0.3, 0.4) is 0 Å².